The summed E-state index contributed by atoms with van der Waals surface area (Å²) in [5.74, 6) is 0.0904. The van der Waals surface area contributed by atoms with Gasteiger partial charge in [0, 0.05) is 24.9 Å². The molecule has 3 amide bonds. The van der Waals surface area contributed by atoms with Gasteiger partial charge in [-0.1, -0.05) is 27.7 Å². The average Bonchev–Trinajstić information content (AvgIpc) is 3.13. The predicted molar refractivity (Wildman–Crippen MR) is 117 cm³/mol. The number of unbranched alkanes of at least 4 members (excludes halogenated alkanes) is 1. The number of thiazole rings is 1. The van der Waals surface area contributed by atoms with E-state index in [9.17, 15) is 9.59 Å². The molecule has 160 valence electrons. The smallest absolute Gasteiger partial charge is 0.322 e. The molecule has 0 saturated carbocycles. The second kappa shape index (κ2) is 14.1. The summed E-state index contributed by atoms with van der Waals surface area (Å²) in [5, 5.41) is 8.54. The summed E-state index contributed by atoms with van der Waals surface area (Å²) in [4.78, 5) is 30.8. The van der Waals surface area contributed by atoms with Crippen LogP contribution in [0.4, 0.5) is 4.79 Å². The highest BCUT2D eigenvalue weighted by molar-refractivity contribution is 7.09. The van der Waals surface area contributed by atoms with Gasteiger partial charge in [-0.25, -0.2) is 9.78 Å². The number of amides is 3. The van der Waals surface area contributed by atoms with E-state index in [1.54, 1.807) is 32.2 Å². The SMILES string of the molecule is CC.CC(C)=C(NC(=O)N(C)Cc1csc(C(C)C)n1)C(=O)NCCCCN. The van der Waals surface area contributed by atoms with E-state index in [2.05, 4.69) is 29.5 Å². The van der Waals surface area contributed by atoms with Gasteiger partial charge in [-0.15, -0.1) is 11.3 Å². The summed E-state index contributed by atoms with van der Waals surface area (Å²) < 4.78 is 0. The lowest BCUT2D eigenvalue weighted by molar-refractivity contribution is -0.117. The molecule has 0 aromatic carbocycles. The lowest BCUT2D eigenvalue weighted by atomic mass is 10.2. The van der Waals surface area contributed by atoms with Crippen LogP contribution < -0.4 is 16.4 Å². The van der Waals surface area contributed by atoms with E-state index < -0.39 is 0 Å². The molecule has 1 aromatic rings. The molecule has 0 aliphatic carbocycles. The molecule has 0 atom stereocenters. The number of nitrogens with one attached hydrogen (secondary N) is 2. The Kier molecular flexibility index (Phi) is 13.1. The van der Waals surface area contributed by atoms with Crippen LogP contribution >= 0.6 is 11.3 Å². The molecule has 0 aliphatic heterocycles. The number of nitrogens with two attached hydrogens (primary N) is 1. The normalized spacial score (nSPS) is 10.0. The molecule has 8 heteroatoms. The molecule has 7 nitrogen and oxygen atoms in total. The quantitative estimate of drug-likeness (QED) is 0.427. The van der Waals surface area contributed by atoms with Crippen LogP contribution in [0.5, 0.6) is 0 Å². The van der Waals surface area contributed by atoms with Crippen LogP contribution in [0.2, 0.25) is 0 Å². The molecular weight excluding hydrogens is 374 g/mol. The first-order chi connectivity index (χ1) is 13.3. The van der Waals surface area contributed by atoms with Gasteiger partial charge < -0.3 is 21.3 Å². The number of aromatic nitrogens is 1. The first kappa shape index (κ1) is 26.1. The highest BCUT2D eigenvalue weighted by Crippen LogP contribution is 2.19. The molecule has 28 heavy (non-hydrogen) atoms. The molecule has 0 saturated heterocycles. The van der Waals surface area contributed by atoms with E-state index in [1.807, 2.05) is 19.2 Å². The van der Waals surface area contributed by atoms with Crippen molar-refractivity contribution in [3.63, 3.8) is 0 Å². The Morgan fingerprint density at radius 3 is 2.39 bits per heavy atom. The van der Waals surface area contributed by atoms with E-state index in [-0.39, 0.29) is 17.6 Å². The molecular formula is C20H37N5O2S. The Bertz CT molecular complexity index is 636. The van der Waals surface area contributed by atoms with Crippen molar-refractivity contribution in [1.29, 1.82) is 0 Å². The monoisotopic (exact) mass is 411 g/mol. The summed E-state index contributed by atoms with van der Waals surface area (Å²) in [6.45, 7) is 13.3. The summed E-state index contributed by atoms with van der Waals surface area (Å²) in [5.41, 5.74) is 7.33. The number of carbonyl (C=O) groups is 2. The van der Waals surface area contributed by atoms with Crippen LogP contribution in [0.3, 0.4) is 0 Å². The molecule has 0 aliphatic rings. The number of allylic oxidation sites excluding steroid dienone is 1. The number of hydrogen-bond acceptors (Lipinski definition) is 5. The third-order valence-electron chi connectivity index (χ3n) is 3.68. The number of hydrogen-bond donors (Lipinski definition) is 3. The van der Waals surface area contributed by atoms with E-state index >= 15 is 0 Å². The lowest BCUT2D eigenvalue weighted by Crippen LogP contribution is -2.41. The van der Waals surface area contributed by atoms with Gasteiger partial charge in [0.2, 0.25) is 0 Å². The van der Waals surface area contributed by atoms with Crippen LogP contribution in [-0.2, 0) is 11.3 Å². The minimum absolute atomic E-state index is 0.278. The second-order valence-electron chi connectivity index (χ2n) is 6.74. The number of carbonyl (C=O) groups excluding carboxylic acids is 2. The summed E-state index contributed by atoms with van der Waals surface area (Å²) in [6.07, 6.45) is 1.67. The fourth-order valence-electron chi connectivity index (χ4n) is 2.15. The highest BCUT2D eigenvalue weighted by atomic mass is 32.1. The van der Waals surface area contributed by atoms with Gasteiger partial charge in [0.1, 0.15) is 5.70 Å². The zero-order valence-corrected chi connectivity index (χ0v) is 19.2. The average molecular weight is 412 g/mol. The highest BCUT2D eigenvalue weighted by Gasteiger charge is 2.18. The Labute approximate surface area is 173 Å². The fraction of sp³-hybridized carbons (Fsp3) is 0.650. The molecule has 0 spiro atoms. The molecule has 1 aromatic heterocycles. The summed E-state index contributed by atoms with van der Waals surface area (Å²) in [6, 6.07) is -0.336. The topological polar surface area (TPSA) is 100 Å². The van der Waals surface area contributed by atoms with Crippen molar-refractivity contribution in [1.82, 2.24) is 20.5 Å². The van der Waals surface area contributed by atoms with Crippen LogP contribution in [0.25, 0.3) is 0 Å². The maximum Gasteiger partial charge on any atom is 0.322 e. The molecule has 0 fully saturated rings. The largest absolute Gasteiger partial charge is 0.351 e. The van der Waals surface area contributed by atoms with Crippen molar-refractivity contribution in [2.45, 2.75) is 66.8 Å². The first-order valence-corrected chi connectivity index (χ1v) is 10.8. The Hall–Kier alpha value is -1.93. The second-order valence-corrected chi connectivity index (χ2v) is 7.63. The molecule has 4 N–H and O–H groups in total. The van der Waals surface area contributed by atoms with Crippen molar-refractivity contribution in [2.24, 2.45) is 5.73 Å². The van der Waals surface area contributed by atoms with Crippen molar-refractivity contribution in [2.75, 3.05) is 20.1 Å². The minimum Gasteiger partial charge on any atom is -0.351 e. The van der Waals surface area contributed by atoms with E-state index in [0.717, 1.165) is 29.1 Å². The minimum atomic E-state index is -0.336. The molecule has 1 heterocycles. The Morgan fingerprint density at radius 2 is 1.89 bits per heavy atom. The van der Waals surface area contributed by atoms with Gasteiger partial charge in [-0.2, -0.15) is 0 Å². The molecule has 0 unspecified atom stereocenters. The Balaban J connectivity index is 0.00000352. The van der Waals surface area contributed by atoms with Crippen LogP contribution in [0, 0.1) is 0 Å². The number of nitrogens with zero attached hydrogens (tertiary/aromatic N) is 2. The van der Waals surface area contributed by atoms with Gasteiger partial charge in [-0.05, 0) is 38.8 Å². The summed E-state index contributed by atoms with van der Waals surface area (Å²) in [7, 11) is 1.69. The summed E-state index contributed by atoms with van der Waals surface area (Å²) >= 11 is 1.60. The zero-order chi connectivity index (χ0) is 21.7. The molecule has 0 bridgehead atoms. The van der Waals surface area contributed by atoms with Crippen molar-refractivity contribution < 1.29 is 9.59 Å². The van der Waals surface area contributed by atoms with E-state index in [0.29, 0.717) is 25.6 Å². The predicted octanol–water partition coefficient (Wildman–Crippen LogP) is 3.58. The van der Waals surface area contributed by atoms with Crippen LogP contribution in [-0.4, -0.2) is 42.0 Å². The third kappa shape index (κ3) is 9.32. The van der Waals surface area contributed by atoms with Crippen LogP contribution in [0.15, 0.2) is 16.7 Å². The van der Waals surface area contributed by atoms with Gasteiger partial charge >= 0.3 is 6.03 Å². The standard InChI is InChI=1S/C18H31N5O2S.C2H6/c1-12(2)15(16(24)20-9-7-6-8-19)22-18(25)23(5)10-14-11-26-17(21-14)13(3)4;1-2/h11,13H,6-10,19H2,1-5H3,(H,20,24)(H,22,25);1-2H3. The van der Waals surface area contributed by atoms with E-state index in [1.165, 1.54) is 4.90 Å². The zero-order valence-electron chi connectivity index (χ0n) is 18.4. The van der Waals surface area contributed by atoms with Gasteiger partial charge in [0.15, 0.2) is 0 Å². The lowest BCUT2D eigenvalue weighted by Gasteiger charge is -2.19. The van der Waals surface area contributed by atoms with E-state index in [4.69, 9.17) is 5.73 Å². The third-order valence-corrected chi connectivity index (χ3v) is 4.88. The van der Waals surface area contributed by atoms with Gasteiger partial charge in [-0.3, -0.25) is 4.79 Å². The van der Waals surface area contributed by atoms with Crippen LogP contribution in [0.1, 0.15) is 71.0 Å². The molecule has 0 radical (unpaired) electrons. The Morgan fingerprint density at radius 1 is 1.25 bits per heavy atom. The number of urea groups is 1. The van der Waals surface area contributed by atoms with Crippen molar-refractivity contribution >= 4 is 23.3 Å². The number of rotatable bonds is 9. The first-order valence-electron chi connectivity index (χ1n) is 9.88. The van der Waals surface area contributed by atoms with Crippen molar-refractivity contribution in [3.05, 3.63) is 27.4 Å². The molecule has 1 rings (SSSR count). The van der Waals surface area contributed by atoms with Crippen molar-refractivity contribution in [3.8, 4) is 0 Å². The maximum atomic E-state index is 12.4. The van der Waals surface area contributed by atoms with Gasteiger partial charge in [0.25, 0.3) is 5.91 Å². The maximum absolute atomic E-state index is 12.4. The van der Waals surface area contributed by atoms with Gasteiger partial charge in [0.05, 0.1) is 17.2 Å². The fourth-order valence-corrected chi connectivity index (χ4v) is 2.97.